The first-order valence-electron chi connectivity index (χ1n) is 23.5. The largest absolute Gasteiger partial charge is 0.465 e. The van der Waals surface area contributed by atoms with Crippen molar-refractivity contribution < 1.29 is 43.2 Å². The molecule has 0 saturated heterocycles. The molecule has 9 nitrogen and oxygen atoms in total. The number of unbranched alkanes of at least 4 members (excludes halogenated alkanes) is 16. The normalized spacial score (nSPS) is 12.8. The fraction of sp³-hybridized carbons (Fsp3) is 0.854. The van der Waals surface area contributed by atoms with Crippen LogP contribution in [0.15, 0.2) is 24.3 Å². The van der Waals surface area contributed by atoms with Crippen molar-refractivity contribution in [1.82, 2.24) is 0 Å². The quantitative estimate of drug-likeness (QED) is 0.0211. The van der Waals surface area contributed by atoms with Crippen LogP contribution in [-0.4, -0.2) is 68.9 Å². The molecule has 0 spiro atoms. The van der Waals surface area contributed by atoms with E-state index in [-0.39, 0.29) is 44.1 Å². The minimum absolute atomic E-state index is 0.00216. The molecular formula is C48H88O9. The maximum atomic E-state index is 12.9. The van der Waals surface area contributed by atoms with E-state index in [0.717, 1.165) is 103 Å². The number of hydrogen-bond donors (Lipinski definition) is 1. The summed E-state index contributed by atoms with van der Waals surface area (Å²) in [5, 5.41) is 9.80. The van der Waals surface area contributed by atoms with Crippen molar-refractivity contribution in [3.05, 3.63) is 24.3 Å². The van der Waals surface area contributed by atoms with E-state index in [9.17, 15) is 19.5 Å². The molecule has 0 saturated carbocycles. The highest BCUT2D eigenvalue weighted by atomic mass is 16.7. The van der Waals surface area contributed by atoms with Gasteiger partial charge in [0.1, 0.15) is 0 Å². The predicted molar refractivity (Wildman–Crippen MR) is 233 cm³/mol. The lowest BCUT2D eigenvalue weighted by atomic mass is 9.94. The van der Waals surface area contributed by atoms with Gasteiger partial charge in [-0.2, -0.15) is 0 Å². The Bertz CT molecular complexity index is 942. The van der Waals surface area contributed by atoms with E-state index in [0.29, 0.717) is 39.1 Å². The number of carbonyl (C=O) groups is 3. The number of aliphatic hydroxyl groups excluding tert-OH is 1. The summed E-state index contributed by atoms with van der Waals surface area (Å²) < 4.78 is 28.5. The predicted octanol–water partition coefficient (Wildman–Crippen LogP) is 12.3. The zero-order chi connectivity index (χ0) is 41.9. The summed E-state index contributed by atoms with van der Waals surface area (Å²) in [5.41, 5.74) is 0. The van der Waals surface area contributed by atoms with Crippen LogP contribution in [0.1, 0.15) is 207 Å². The molecule has 0 radical (unpaired) electrons. The van der Waals surface area contributed by atoms with Crippen molar-refractivity contribution in [2.75, 3.05) is 39.6 Å². The van der Waals surface area contributed by atoms with Gasteiger partial charge in [-0.05, 0) is 77.0 Å². The van der Waals surface area contributed by atoms with Crippen LogP contribution in [0.3, 0.4) is 0 Å². The monoisotopic (exact) mass is 809 g/mol. The van der Waals surface area contributed by atoms with Crippen LogP contribution in [0.4, 0.5) is 0 Å². The summed E-state index contributed by atoms with van der Waals surface area (Å²) in [7, 11) is 0. The van der Waals surface area contributed by atoms with Crippen molar-refractivity contribution in [2.24, 2.45) is 11.8 Å². The lowest BCUT2D eigenvalue weighted by Crippen LogP contribution is -2.25. The second kappa shape index (κ2) is 43.4. The Labute approximate surface area is 349 Å². The molecule has 0 amide bonds. The van der Waals surface area contributed by atoms with Gasteiger partial charge in [-0.3, -0.25) is 14.4 Å². The third-order valence-corrected chi connectivity index (χ3v) is 10.2. The second-order valence-corrected chi connectivity index (χ2v) is 15.7. The topological polar surface area (TPSA) is 118 Å². The van der Waals surface area contributed by atoms with Crippen molar-refractivity contribution >= 4 is 17.9 Å². The molecule has 0 rings (SSSR count). The van der Waals surface area contributed by atoms with Gasteiger partial charge in [0.2, 0.25) is 0 Å². The molecule has 9 heteroatoms. The second-order valence-electron chi connectivity index (χ2n) is 15.7. The molecule has 334 valence electrons. The number of aliphatic hydroxyl groups is 1. The Morgan fingerprint density at radius 2 is 0.965 bits per heavy atom. The van der Waals surface area contributed by atoms with Crippen LogP contribution >= 0.6 is 0 Å². The van der Waals surface area contributed by atoms with E-state index >= 15 is 0 Å². The first-order chi connectivity index (χ1) is 27.9. The lowest BCUT2D eigenvalue weighted by Gasteiger charge is -2.19. The molecule has 1 N–H and O–H groups in total. The van der Waals surface area contributed by atoms with Gasteiger partial charge in [-0.1, -0.05) is 135 Å². The molecule has 0 aliphatic rings. The molecule has 0 aromatic heterocycles. The Balaban J connectivity index is 4.30. The third-order valence-electron chi connectivity index (χ3n) is 10.2. The van der Waals surface area contributed by atoms with Crippen molar-refractivity contribution in [1.29, 1.82) is 0 Å². The zero-order valence-corrected chi connectivity index (χ0v) is 37.3. The molecule has 0 aromatic rings. The number of hydrogen-bond acceptors (Lipinski definition) is 9. The van der Waals surface area contributed by atoms with Gasteiger partial charge in [0.05, 0.1) is 44.7 Å². The van der Waals surface area contributed by atoms with Crippen LogP contribution in [0.25, 0.3) is 0 Å². The minimum atomic E-state index is -0.478. The Kier molecular flexibility index (Phi) is 41.7. The van der Waals surface area contributed by atoms with Gasteiger partial charge in [0.15, 0.2) is 6.29 Å². The first-order valence-corrected chi connectivity index (χ1v) is 23.5. The molecule has 0 aliphatic heterocycles. The van der Waals surface area contributed by atoms with E-state index in [2.05, 4.69) is 52.0 Å². The van der Waals surface area contributed by atoms with Crippen molar-refractivity contribution in [2.45, 2.75) is 214 Å². The molecule has 2 unspecified atom stereocenters. The van der Waals surface area contributed by atoms with Crippen LogP contribution in [0, 0.1) is 11.8 Å². The average Bonchev–Trinajstić information content (AvgIpc) is 3.21. The SMILES string of the molecule is CC/C=C\CCCCOC(CCC(=O)OCC(CO)COC(=O)CCCCCCCOC(=O)C(CCCCCC)CCCCCCCC)OCCCC/C=C\CC. The van der Waals surface area contributed by atoms with E-state index in [1.54, 1.807) is 0 Å². The zero-order valence-electron chi connectivity index (χ0n) is 37.3. The fourth-order valence-corrected chi connectivity index (χ4v) is 6.46. The molecule has 0 aliphatic carbocycles. The Morgan fingerprint density at radius 1 is 0.491 bits per heavy atom. The van der Waals surface area contributed by atoms with Gasteiger partial charge >= 0.3 is 17.9 Å². The van der Waals surface area contributed by atoms with Crippen molar-refractivity contribution in [3.63, 3.8) is 0 Å². The number of allylic oxidation sites excluding steroid dienone is 4. The average molecular weight is 809 g/mol. The van der Waals surface area contributed by atoms with E-state index in [4.69, 9.17) is 23.7 Å². The van der Waals surface area contributed by atoms with E-state index < -0.39 is 18.2 Å². The molecule has 2 atom stereocenters. The van der Waals surface area contributed by atoms with E-state index in [1.165, 1.54) is 51.4 Å². The number of ether oxygens (including phenoxy) is 5. The molecule has 0 bridgehead atoms. The van der Waals surface area contributed by atoms with Gasteiger partial charge in [-0.15, -0.1) is 0 Å². The maximum Gasteiger partial charge on any atom is 0.308 e. The maximum absolute atomic E-state index is 12.9. The molecular weight excluding hydrogens is 721 g/mol. The molecule has 0 aromatic carbocycles. The number of carbonyl (C=O) groups excluding carboxylic acids is 3. The van der Waals surface area contributed by atoms with E-state index in [1.807, 2.05) is 0 Å². The summed E-state index contributed by atoms with van der Waals surface area (Å²) in [4.78, 5) is 37.8. The van der Waals surface area contributed by atoms with Crippen molar-refractivity contribution in [3.8, 4) is 0 Å². The first kappa shape index (κ1) is 54.8. The highest BCUT2D eigenvalue weighted by Crippen LogP contribution is 2.21. The number of rotatable bonds is 43. The van der Waals surface area contributed by atoms with Crippen LogP contribution in [0.2, 0.25) is 0 Å². The van der Waals surface area contributed by atoms with Gasteiger partial charge < -0.3 is 28.8 Å². The summed E-state index contributed by atoms with van der Waals surface area (Å²) in [5.74, 6) is -1.17. The Hall–Kier alpha value is -2.23. The third kappa shape index (κ3) is 37.8. The molecule has 57 heavy (non-hydrogen) atoms. The molecule has 0 fully saturated rings. The lowest BCUT2D eigenvalue weighted by molar-refractivity contribution is -0.161. The summed E-state index contributed by atoms with van der Waals surface area (Å²) in [6.07, 6.45) is 35.6. The molecule has 0 heterocycles. The van der Waals surface area contributed by atoms with Gasteiger partial charge in [-0.25, -0.2) is 0 Å². The minimum Gasteiger partial charge on any atom is -0.465 e. The van der Waals surface area contributed by atoms with Crippen LogP contribution in [-0.2, 0) is 38.1 Å². The summed E-state index contributed by atoms with van der Waals surface area (Å²) in [6.45, 7) is 10.0. The van der Waals surface area contributed by atoms with Crippen LogP contribution < -0.4 is 0 Å². The smallest absolute Gasteiger partial charge is 0.308 e. The highest BCUT2D eigenvalue weighted by Gasteiger charge is 2.20. The fourth-order valence-electron chi connectivity index (χ4n) is 6.46. The van der Waals surface area contributed by atoms with Gasteiger partial charge in [0.25, 0.3) is 0 Å². The summed E-state index contributed by atoms with van der Waals surface area (Å²) >= 11 is 0. The highest BCUT2D eigenvalue weighted by molar-refractivity contribution is 5.72. The van der Waals surface area contributed by atoms with Crippen LogP contribution in [0.5, 0.6) is 0 Å². The van der Waals surface area contributed by atoms with Gasteiger partial charge in [0, 0.05) is 26.1 Å². The number of esters is 3. The summed E-state index contributed by atoms with van der Waals surface area (Å²) in [6, 6.07) is 0. The standard InChI is InChI=1S/C48H88O9/c1-5-9-13-17-21-27-33-44(32-26-16-12-8-4)48(52)55-39-31-25-20-22-28-34-45(50)56-41-43(40-49)42-57-46(51)35-36-47(53-37-29-23-18-14-10-6-2)54-38-30-24-19-15-11-7-3/h10-11,14-15,43-44,47,49H,5-9,12-13,16-42H2,1-4H3/b14-10-,15-11-. The Morgan fingerprint density at radius 3 is 1.51 bits per heavy atom.